The highest BCUT2D eigenvalue weighted by Crippen LogP contribution is 2.31. The summed E-state index contributed by atoms with van der Waals surface area (Å²) < 4.78 is 6.17. The molecule has 0 spiro atoms. The molecule has 2 heterocycles. The molecule has 3 heteroatoms. The van der Waals surface area contributed by atoms with Gasteiger partial charge in [-0.25, -0.2) is 0 Å². The van der Waals surface area contributed by atoms with E-state index in [1.54, 1.807) is 0 Å². The quantitative estimate of drug-likeness (QED) is 0.815. The van der Waals surface area contributed by atoms with Crippen LogP contribution in [0.25, 0.3) is 0 Å². The minimum atomic E-state index is 0.00376. The van der Waals surface area contributed by atoms with Gasteiger partial charge in [-0.1, -0.05) is 13.8 Å². The summed E-state index contributed by atoms with van der Waals surface area (Å²) in [5, 5.41) is 3.74. The first-order valence-electron chi connectivity index (χ1n) is 8.13. The summed E-state index contributed by atoms with van der Waals surface area (Å²) in [5.41, 5.74) is 0.00376. The summed E-state index contributed by atoms with van der Waals surface area (Å²) in [7, 11) is 0. The van der Waals surface area contributed by atoms with Gasteiger partial charge in [0, 0.05) is 22.4 Å². The van der Waals surface area contributed by atoms with Crippen molar-refractivity contribution in [2.45, 2.75) is 70.9 Å². The van der Waals surface area contributed by atoms with Crippen LogP contribution in [0.1, 0.15) is 56.2 Å². The Bertz CT molecular complexity index is 395. The van der Waals surface area contributed by atoms with E-state index in [2.05, 4.69) is 38.2 Å². The van der Waals surface area contributed by atoms with Gasteiger partial charge < -0.3 is 10.1 Å². The van der Waals surface area contributed by atoms with Gasteiger partial charge in [-0.05, 0) is 64.1 Å². The van der Waals surface area contributed by atoms with Crippen LogP contribution in [-0.2, 0) is 17.6 Å². The molecule has 1 N–H and O–H groups in total. The molecule has 0 amide bonds. The average Bonchev–Trinajstić information content (AvgIpc) is 2.92. The van der Waals surface area contributed by atoms with Crippen molar-refractivity contribution in [2.24, 2.45) is 0 Å². The molecule has 0 aromatic carbocycles. The summed E-state index contributed by atoms with van der Waals surface area (Å²) in [6, 6.07) is 5.02. The van der Waals surface area contributed by atoms with Gasteiger partial charge in [-0.2, -0.15) is 0 Å². The van der Waals surface area contributed by atoms with E-state index in [1.807, 2.05) is 11.3 Å². The molecule has 1 aromatic rings. The molecule has 1 aromatic heterocycles. The molecule has 2 unspecified atom stereocenters. The molecule has 0 aliphatic carbocycles. The highest BCUT2D eigenvalue weighted by atomic mass is 32.1. The average molecular weight is 295 g/mol. The second-order valence-electron chi connectivity index (χ2n) is 6.05. The Kier molecular flexibility index (Phi) is 6.06. The zero-order valence-corrected chi connectivity index (χ0v) is 14.0. The van der Waals surface area contributed by atoms with Crippen LogP contribution in [0, 0.1) is 0 Å². The lowest BCUT2D eigenvalue weighted by Crippen LogP contribution is -2.53. The number of nitrogens with one attached hydrogen (secondary N) is 1. The van der Waals surface area contributed by atoms with E-state index in [0.29, 0.717) is 6.04 Å². The fraction of sp³-hybridized carbons (Fsp3) is 0.765. The molecule has 1 saturated heterocycles. The largest absolute Gasteiger partial charge is 0.374 e. The first-order chi connectivity index (χ1) is 9.68. The van der Waals surface area contributed by atoms with Crippen molar-refractivity contribution in [3.05, 3.63) is 21.9 Å². The maximum Gasteiger partial charge on any atom is 0.0810 e. The van der Waals surface area contributed by atoms with Crippen molar-refractivity contribution >= 4 is 11.3 Å². The highest BCUT2D eigenvalue weighted by Gasteiger charge is 2.36. The predicted octanol–water partition coefficient (Wildman–Crippen LogP) is 4.18. The first kappa shape index (κ1) is 16.0. The monoisotopic (exact) mass is 295 g/mol. The van der Waals surface area contributed by atoms with Gasteiger partial charge in [-0.15, -0.1) is 11.3 Å². The Labute approximate surface area is 127 Å². The SMILES string of the molecule is CCCNC(Cc1ccc(CC)s1)C1(C)CCCCO1. The van der Waals surface area contributed by atoms with E-state index < -0.39 is 0 Å². The molecule has 2 rings (SSSR count). The molecule has 114 valence electrons. The third-order valence-corrected chi connectivity index (χ3v) is 5.60. The van der Waals surface area contributed by atoms with Crippen LogP contribution in [-0.4, -0.2) is 24.8 Å². The fourth-order valence-corrected chi connectivity index (χ4v) is 3.98. The van der Waals surface area contributed by atoms with Gasteiger partial charge in [0.25, 0.3) is 0 Å². The van der Waals surface area contributed by atoms with E-state index >= 15 is 0 Å². The van der Waals surface area contributed by atoms with Crippen molar-refractivity contribution in [3.8, 4) is 0 Å². The number of hydrogen-bond acceptors (Lipinski definition) is 3. The lowest BCUT2D eigenvalue weighted by molar-refractivity contribution is -0.0882. The molecule has 1 fully saturated rings. The highest BCUT2D eigenvalue weighted by molar-refractivity contribution is 7.11. The number of rotatable bonds is 7. The molecule has 0 radical (unpaired) electrons. The zero-order valence-electron chi connectivity index (χ0n) is 13.2. The maximum atomic E-state index is 6.17. The normalized spacial score (nSPS) is 24.8. The molecular weight excluding hydrogens is 266 g/mol. The maximum absolute atomic E-state index is 6.17. The summed E-state index contributed by atoms with van der Waals surface area (Å²) in [6.45, 7) is 8.76. The van der Waals surface area contributed by atoms with E-state index in [9.17, 15) is 0 Å². The van der Waals surface area contributed by atoms with Crippen molar-refractivity contribution in [3.63, 3.8) is 0 Å². The Hall–Kier alpha value is -0.380. The van der Waals surface area contributed by atoms with Gasteiger partial charge in [0.05, 0.1) is 5.60 Å². The van der Waals surface area contributed by atoms with Gasteiger partial charge in [0.15, 0.2) is 0 Å². The zero-order chi connectivity index (χ0) is 14.4. The van der Waals surface area contributed by atoms with Crippen LogP contribution >= 0.6 is 11.3 Å². The topological polar surface area (TPSA) is 21.3 Å². The van der Waals surface area contributed by atoms with Gasteiger partial charge in [-0.3, -0.25) is 0 Å². The van der Waals surface area contributed by atoms with Crippen molar-refractivity contribution in [1.29, 1.82) is 0 Å². The summed E-state index contributed by atoms with van der Waals surface area (Å²) in [5.74, 6) is 0. The van der Waals surface area contributed by atoms with Crippen LogP contribution in [0.4, 0.5) is 0 Å². The van der Waals surface area contributed by atoms with E-state index in [-0.39, 0.29) is 5.60 Å². The third-order valence-electron chi connectivity index (χ3n) is 4.35. The van der Waals surface area contributed by atoms with E-state index in [0.717, 1.165) is 26.0 Å². The fourth-order valence-electron chi connectivity index (χ4n) is 2.98. The minimum Gasteiger partial charge on any atom is -0.374 e. The van der Waals surface area contributed by atoms with Crippen LogP contribution < -0.4 is 5.32 Å². The summed E-state index contributed by atoms with van der Waals surface area (Å²) >= 11 is 1.96. The van der Waals surface area contributed by atoms with Crippen LogP contribution in [0.3, 0.4) is 0 Å². The van der Waals surface area contributed by atoms with Gasteiger partial charge in [0.1, 0.15) is 0 Å². The van der Waals surface area contributed by atoms with E-state index in [4.69, 9.17) is 4.74 Å². The van der Waals surface area contributed by atoms with Crippen LogP contribution in [0.15, 0.2) is 12.1 Å². The number of thiophene rings is 1. The van der Waals surface area contributed by atoms with Crippen LogP contribution in [0.2, 0.25) is 0 Å². The predicted molar refractivity (Wildman–Crippen MR) is 87.7 cm³/mol. The van der Waals surface area contributed by atoms with Gasteiger partial charge in [0.2, 0.25) is 0 Å². The number of ether oxygens (including phenoxy) is 1. The summed E-state index contributed by atoms with van der Waals surface area (Å²) in [6.07, 6.45) is 7.12. The molecule has 0 bridgehead atoms. The van der Waals surface area contributed by atoms with Crippen LogP contribution in [0.5, 0.6) is 0 Å². The lowest BCUT2D eigenvalue weighted by Gasteiger charge is -2.41. The molecule has 1 aliphatic heterocycles. The second-order valence-corrected chi connectivity index (χ2v) is 7.30. The Morgan fingerprint density at radius 1 is 1.30 bits per heavy atom. The molecule has 20 heavy (non-hydrogen) atoms. The van der Waals surface area contributed by atoms with Crippen molar-refractivity contribution < 1.29 is 4.74 Å². The molecule has 2 nitrogen and oxygen atoms in total. The number of hydrogen-bond donors (Lipinski definition) is 1. The van der Waals surface area contributed by atoms with Crippen molar-refractivity contribution in [1.82, 2.24) is 5.32 Å². The number of aryl methyl sites for hydroxylation is 1. The third kappa shape index (κ3) is 4.06. The lowest BCUT2D eigenvalue weighted by atomic mass is 9.86. The Balaban J connectivity index is 2.05. The smallest absolute Gasteiger partial charge is 0.0810 e. The second kappa shape index (κ2) is 7.58. The Morgan fingerprint density at radius 3 is 2.70 bits per heavy atom. The summed E-state index contributed by atoms with van der Waals surface area (Å²) in [4.78, 5) is 2.98. The van der Waals surface area contributed by atoms with Crippen molar-refractivity contribution in [2.75, 3.05) is 13.2 Å². The molecule has 2 atom stereocenters. The van der Waals surface area contributed by atoms with E-state index in [1.165, 1.54) is 35.4 Å². The minimum absolute atomic E-state index is 0.00376. The molecule has 1 aliphatic rings. The molecule has 0 saturated carbocycles. The Morgan fingerprint density at radius 2 is 2.10 bits per heavy atom. The molecular formula is C17H29NOS. The van der Waals surface area contributed by atoms with Gasteiger partial charge >= 0.3 is 0 Å². The standard InChI is InChI=1S/C17H29NOS/c1-4-11-18-16(17(3)10-6-7-12-19-17)13-15-9-8-14(5-2)20-15/h8-9,16,18H,4-7,10-13H2,1-3H3. The first-order valence-corrected chi connectivity index (χ1v) is 8.94.